The quantitative estimate of drug-likeness (QED) is 0.159. The highest BCUT2D eigenvalue weighted by atomic mass is 16.4. The number of aromatic nitrogens is 1. The molecular weight excluding hydrogens is 546 g/mol. The summed E-state index contributed by atoms with van der Waals surface area (Å²) in [6.07, 6.45) is 1.74. The van der Waals surface area contributed by atoms with Crippen LogP contribution in [-0.4, -0.2) is 85.6 Å². The van der Waals surface area contributed by atoms with Crippen molar-refractivity contribution in [2.45, 2.75) is 56.3 Å². The molecule has 1 fully saturated rings. The van der Waals surface area contributed by atoms with E-state index in [-0.39, 0.29) is 31.6 Å². The van der Waals surface area contributed by atoms with Crippen LogP contribution in [0.1, 0.15) is 30.4 Å². The Morgan fingerprint density at radius 2 is 1.69 bits per heavy atom. The van der Waals surface area contributed by atoms with Crippen molar-refractivity contribution in [3.63, 3.8) is 0 Å². The van der Waals surface area contributed by atoms with Crippen LogP contribution in [0.15, 0.2) is 54.7 Å². The smallest absolute Gasteiger partial charge is 0.326 e. The molecule has 1 saturated heterocycles. The van der Waals surface area contributed by atoms with Crippen LogP contribution in [0, 0.1) is 0 Å². The van der Waals surface area contributed by atoms with Crippen molar-refractivity contribution in [2.75, 3.05) is 6.54 Å². The van der Waals surface area contributed by atoms with Gasteiger partial charge in [-0.05, 0) is 48.6 Å². The van der Waals surface area contributed by atoms with Crippen molar-refractivity contribution >= 4 is 40.6 Å². The first-order valence-corrected chi connectivity index (χ1v) is 13.5. The van der Waals surface area contributed by atoms with E-state index in [0.29, 0.717) is 12.0 Å². The van der Waals surface area contributed by atoms with Crippen molar-refractivity contribution < 1.29 is 39.3 Å². The molecule has 0 spiro atoms. The van der Waals surface area contributed by atoms with Crippen molar-refractivity contribution in [2.24, 2.45) is 5.73 Å². The number of rotatable bonds is 12. The number of phenolic OH excluding ortho intramolecular Hbond substituents is 1. The molecule has 1 aromatic heterocycles. The van der Waals surface area contributed by atoms with Crippen LogP contribution in [0.4, 0.5) is 0 Å². The van der Waals surface area contributed by atoms with Crippen molar-refractivity contribution in [3.8, 4) is 5.75 Å². The van der Waals surface area contributed by atoms with E-state index in [2.05, 4.69) is 15.6 Å². The lowest BCUT2D eigenvalue weighted by Crippen LogP contribution is -2.57. The molecule has 42 heavy (non-hydrogen) atoms. The van der Waals surface area contributed by atoms with Gasteiger partial charge in [-0.15, -0.1) is 0 Å². The number of carboxylic acid groups (broad SMARTS) is 2. The van der Waals surface area contributed by atoms with E-state index in [0.717, 1.165) is 16.5 Å². The Morgan fingerprint density at radius 3 is 2.38 bits per heavy atom. The number of aliphatic carboxylic acids is 2. The van der Waals surface area contributed by atoms with Gasteiger partial charge in [0.15, 0.2) is 0 Å². The number of carbonyl (C=O) groups is 5. The minimum absolute atomic E-state index is 0.0108. The van der Waals surface area contributed by atoms with Crippen LogP contribution >= 0.6 is 0 Å². The number of benzene rings is 2. The molecule has 2 heterocycles. The van der Waals surface area contributed by atoms with E-state index in [1.165, 1.54) is 29.2 Å². The lowest BCUT2D eigenvalue weighted by Gasteiger charge is -2.29. The summed E-state index contributed by atoms with van der Waals surface area (Å²) in [5.74, 6) is -4.81. The maximum Gasteiger partial charge on any atom is 0.326 e. The molecule has 0 bridgehead atoms. The number of aromatic hydroxyl groups is 1. The number of fused-ring (bicyclic) bond motifs is 1. The molecule has 0 aliphatic carbocycles. The van der Waals surface area contributed by atoms with Gasteiger partial charge in [0.05, 0.1) is 12.5 Å². The minimum atomic E-state index is -1.48. The first-order valence-electron chi connectivity index (χ1n) is 13.5. The number of aromatic amines is 1. The van der Waals surface area contributed by atoms with Gasteiger partial charge in [-0.3, -0.25) is 19.2 Å². The van der Waals surface area contributed by atoms with E-state index >= 15 is 0 Å². The Balaban J connectivity index is 1.43. The average Bonchev–Trinajstić information content (AvgIpc) is 3.60. The number of H-pyrrole nitrogens is 1. The standard InChI is InChI=1S/C29H33N5O8/c30-20(13-17-15-31-21-5-2-1-4-19(17)21)26(38)32-22(14-25(36)37)28(40)34-11-3-6-24(34)27(39)33-23(29(41)42)12-16-7-9-18(35)10-8-16/h1-2,4-5,7-10,15,20,22-24,31,35H,3,6,11-14,30H2,(H,32,38)(H,33,39)(H,36,37)(H,41,42). The first-order chi connectivity index (χ1) is 20.0. The molecule has 222 valence electrons. The number of likely N-dealkylation sites (tertiary alicyclic amines) is 1. The average molecular weight is 580 g/mol. The van der Waals surface area contributed by atoms with Crippen LogP contribution in [0.25, 0.3) is 10.9 Å². The second-order valence-electron chi connectivity index (χ2n) is 10.3. The zero-order chi connectivity index (χ0) is 30.4. The van der Waals surface area contributed by atoms with Crippen LogP contribution in [-0.2, 0) is 36.8 Å². The van der Waals surface area contributed by atoms with E-state index in [1.807, 2.05) is 24.3 Å². The molecule has 13 heteroatoms. The normalized spacial score (nSPS) is 16.9. The highest BCUT2D eigenvalue weighted by Gasteiger charge is 2.39. The Labute approximate surface area is 240 Å². The van der Waals surface area contributed by atoms with Gasteiger partial charge in [-0.25, -0.2) is 4.79 Å². The van der Waals surface area contributed by atoms with Gasteiger partial charge >= 0.3 is 11.9 Å². The maximum absolute atomic E-state index is 13.5. The fourth-order valence-electron chi connectivity index (χ4n) is 5.12. The number of carbonyl (C=O) groups excluding carboxylic acids is 3. The Morgan fingerprint density at radius 1 is 0.976 bits per heavy atom. The van der Waals surface area contributed by atoms with Crippen molar-refractivity contribution in [3.05, 3.63) is 65.9 Å². The Hall–Kier alpha value is -4.91. The molecule has 8 N–H and O–H groups in total. The molecule has 1 aliphatic rings. The van der Waals surface area contributed by atoms with Crippen molar-refractivity contribution in [1.29, 1.82) is 0 Å². The van der Waals surface area contributed by atoms with E-state index in [1.54, 1.807) is 6.20 Å². The zero-order valence-electron chi connectivity index (χ0n) is 22.7. The van der Waals surface area contributed by atoms with Gasteiger partial charge in [0.25, 0.3) is 0 Å². The number of carboxylic acids is 2. The molecular formula is C29H33N5O8. The third kappa shape index (κ3) is 7.23. The van der Waals surface area contributed by atoms with Crippen LogP contribution in [0.3, 0.4) is 0 Å². The summed E-state index contributed by atoms with van der Waals surface area (Å²) in [6, 6.07) is 8.41. The molecule has 4 rings (SSSR count). The first kappa shape index (κ1) is 30.1. The Bertz CT molecular complexity index is 1470. The largest absolute Gasteiger partial charge is 0.508 e. The molecule has 4 unspecified atom stereocenters. The number of nitrogens with one attached hydrogen (secondary N) is 3. The monoisotopic (exact) mass is 579 g/mol. The van der Waals surface area contributed by atoms with Crippen LogP contribution in [0.2, 0.25) is 0 Å². The molecule has 1 aliphatic heterocycles. The minimum Gasteiger partial charge on any atom is -0.508 e. The number of nitrogens with two attached hydrogens (primary N) is 1. The number of nitrogens with zero attached hydrogens (tertiary/aromatic N) is 1. The van der Waals surface area contributed by atoms with Gasteiger partial charge < -0.3 is 41.6 Å². The SMILES string of the molecule is NC(Cc1c[nH]c2ccccc12)C(=O)NC(CC(=O)O)C(=O)N1CCCC1C(=O)NC(Cc1ccc(O)cc1)C(=O)O. The number of hydrogen-bond donors (Lipinski definition) is 7. The molecule has 0 radical (unpaired) electrons. The van der Waals surface area contributed by atoms with Gasteiger partial charge in [0.2, 0.25) is 17.7 Å². The van der Waals surface area contributed by atoms with Crippen molar-refractivity contribution in [1.82, 2.24) is 20.5 Å². The topological polar surface area (TPSA) is 215 Å². The molecule has 0 saturated carbocycles. The molecule has 2 aromatic carbocycles. The van der Waals surface area contributed by atoms with Gasteiger partial charge in [-0.2, -0.15) is 0 Å². The van der Waals surface area contributed by atoms with Gasteiger partial charge in [-0.1, -0.05) is 30.3 Å². The molecule has 13 nitrogen and oxygen atoms in total. The number of para-hydroxylation sites is 1. The summed E-state index contributed by atoms with van der Waals surface area (Å²) >= 11 is 0. The second-order valence-corrected chi connectivity index (χ2v) is 10.3. The lowest BCUT2D eigenvalue weighted by atomic mass is 10.0. The summed E-state index contributed by atoms with van der Waals surface area (Å²) in [5, 5.41) is 34.4. The summed E-state index contributed by atoms with van der Waals surface area (Å²) in [6.45, 7) is 0.125. The number of amides is 3. The number of hydrogen-bond acceptors (Lipinski definition) is 7. The zero-order valence-corrected chi connectivity index (χ0v) is 22.7. The predicted molar refractivity (Wildman–Crippen MR) is 150 cm³/mol. The number of phenols is 1. The fraction of sp³-hybridized carbons (Fsp3) is 0.345. The summed E-state index contributed by atoms with van der Waals surface area (Å²) < 4.78 is 0. The van der Waals surface area contributed by atoms with E-state index < -0.39 is 60.2 Å². The van der Waals surface area contributed by atoms with Crippen LogP contribution in [0.5, 0.6) is 5.75 Å². The Kier molecular flexibility index (Phi) is 9.42. The van der Waals surface area contributed by atoms with Gasteiger partial charge in [0.1, 0.15) is 23.9 Å². The molecule has 4 atom stereocenters. The third-order valence-corrected chi connectivity index (χ3v) is 7.27. The highest BCUT2D eigenvalue weighted by molar-refractivity contribution is 5.96. The lowest BCUT2D eigenvalue weighted by molar-refractivity contribution is -0.147. The van der Waals surface area contributed by atoms with E-state index in [4.69, 9.17) is 5.73 Å². The predicted octanol–water partition coefficient (Wildman–Crippen LogP) is 0.506. The fourth-order valence-corrected chi connectivity index (χ4v) is 5.12. The highest BCUT2D eigenvalue weighted by Crippen LogP contribution is 2.21. The second kappa shape index (κ2) is 13.2. The summed E-state index contributed by atoms with van der Waals surface area (Å²) in [4.78, 5) is 67.3. The van der Waals surface area contributed by atoms with Gasteiger partial charge in [0, 0.05) is 30.1 Å². The molecule has 3 amide bonds. The van der Waals surface area contributed by atoms with E-state index in [9.17, 15) is 39.3 Å². The summed E-state index contributed by atoms with van der Waals surface area (Å²) in [7, 11) is 0. The van der Waals surface area contributed by atoms with Crippen LogP contribution < -0.4 is 16.4 Å². The third-order valence-electron chi connectivity index (χ3n) is 7.27. The molecule has 3 aromatic rings. The summed E-state index contributed by atoms with van der Waals surface area (Å²) in [5.41, 5.74) is 8.34. The maximum atomic E-state index is 13.5.